The number of carboxylic acid groups (broad SMARTS) is 1. The number of carbonyl (C=O) groups is 1. The number of aromatic carboxylic acids is 1. The molecule has 1 saturated heterocycles. The van der Waals surface area contributed by atoms with Crippen LogP contribution in [0.2, 0.25) is 0 Å². The molecule has 3 unspecified atom stereocenters. The number of nitrogens with two attached hydrogens (primary N) is 1. The van der Waals surface area contributed by atoms with Crippen LogP contribution in [-0.2, 0) is 0 Å². The van der Waals surface area contributed by atoms with E-state index in [-0.39, 0.29) is 17.5 Å². The van der Waals surface area contributed by atoms with E-state index < -0.39 is 22.8 Å². The summed E-state index contributed by atoms with van der Waals surface area (Å²) >= 11 is 0. The van der Waals surface area contributed by atoms with Crippen molar-refractivity contribution in [3.63, 3.8) is 0 Å². The molecule has 4 rings (SSSR count). The third-order valence-corrected chi connectivity index (χ3v) is 5.73. The summed E-state index contributed by atoms with van der Waals surface area (Å²) in [6.45, 7) is 4.24. The SMILES string of the molecule is C=Cn1cc(C(=O)O)c(=O)c2cc(F)c(N3CC(N)C4CCCC43)cc21. The van der Waals surface area contributed by atoms with Crippen LogP contribution >= 0.6 is 0 Å². The Morgan fingerprint density at radius 1 is 1.38 bits per heavy atom. The van der Waals surface area contributed by atoms with Crippen molar-refractivity contribution in [3.05, 3.63) is 46.5 Å². The lowest BCUT2D eigenvalue weighted by molar-refractivity contribution is 0.0695. The van der Waals surface area contributed by atoms with Gasteiger partial charge in [-0.1, -0.05) is 13.0 Å². The molecule has 1 aliphatic carbocycles. The van der Waals surface area contributed by atoms with E-state index in [2.05, 4.69) is 6.58 Å². The Kier molecular flexibility index (Phi) is 3.84. The van der Waals surface area contributed by atoms with Crippen molar-refractivity contribution >= 4 is 28.8 Å². The zero-order valence-corrected chi connectivity index (χ0v) is 14.2. The van der Waals surface area contributed by atoms with Crippen LogP contribution in [0.3, 0.4) is 0 Å². The molecule has 1 aromatic carbocycles. The number of anilines is 1. The van der Waals surface area contributed by atoms with E-state index in [1.54, 1.807) is 6.07 Å². The van der Waals surface area contributed by atoms with E-state index in [4.69, 9.17) is 5.73 Å². The number of hydrogen-bond donors (Lipinski definition) is 2. The van der Waals surface area contributed by atoms with Crippen LogP contribution in [0.15, 0.2) is 29.7 Å². The largest absolute Gasteiger partial charge is 0.477 e. The first-order valence-corrected chi connectivity index (χ1v) is 8.69. The standard InChI is InChI=1S/C19H20FN3O3/c1-2-22-8-12(19(25)26)18(24)11-6-13(20)17(7-16(11)22)23-9-14(21)10-4-3-5-15(10)23/h2,6-8,10,14-15H,1,3-5,9,21H2,(H,25,26). The van der Waals surface area contributed by atoms with Gasteiger partial charge < -0.3 is 20.3 Å². The number of rotatable bonds is 3. The molecule has 2 heterocycles. The van der Waals surface area contributed by atoms with Gasteiger partial charge in [-0.15, -0.1) is 0 Å². The lowest BCUT2D eigenvalue weighted by atomic mass is 10.0. The van der Waals surface area contributed by atoms with Gasteiger partial charge in [-0.3, -0.25) is 4.79 Å². The Balaban J connectivity index is 1.92. The van der Waals surface area contributed by atoms with E-state index in [1.165, 1.54) is 17.0 Å². The summed E-state index contributed by atoms with van der Waals surface area (Å²) < 4.78 is 16.3. The summed E-state index contributed by atoms with van der Waals surface area (Å²) in [4.78, 5) is 25.7. The zero-order valence-electron chi connectivity index (χ0n) is 14.2. The first kappa shape index (κ1) is 16.8. The van der Waals surface area contributed by atoms with Crippen LogP contribution in [-0.4, -0.2) is 34.3 Å². The molecule has 7 heteroatoms. The van der Waals surface area contributed by atoms with Crippen LogP contribution in [0.1, 0.15) is 29.6 Å². The highest BCUT2D eigenvalue weighted by molar-refractivity contribution is 5.94. The first-order chi connectivity index (χ1) is 12.4. The highest BCUT2D eigenvalue weighted by atomic mass is 19.1. The molecule has 2 aromatic rings. The fraction of sp³-hybridized carbons (Fsp3) is 0.368. The van der Waals surface area contributed by atoms with Crippen molar-refractivity contribution in [1.29, 1.82) is 0 Å². The lowest BCUT2D eigenvalue weighted by Crippen LogP contribution is -2.31. The van der Waals surface area contributed by atoms with Crippen LogP contribution in [0.5, 0.6) is 0 Å². The minimum atomic E-state index is -1.35. The monoisotopic (exact) mass is 357 g/mol. The van der Waals surface area contributed by atoms with Crippen LogP contribution in [0.25, 0.3) is 17.1 Å². The molecule has 136 valence electrons. The summed E-state index contributed by atoms with van der Waals surface area (Å²) in [6.07, 6.45) is 5.73. The van der Waals surface area contributed by atoms with Crippen molar-refractivity contribution in [2.24, 2.45) is 11.7 Å². The van der Waals surface area contributed by atoms with Gasteiger partial charge in [0, 0.05) is 36.4 Å². The van der Waals surface area contributed by atoms with Crippen LogP contribution in [0, 0.1) is 11.7 Å². The van der Waals surface area contributed by atoms with Crippen molar-refractivity contribution in [3.8, 4) is 0 Å². The summed E-state index contributed by atoms with van der Waals surface area (Å²) in [7, 11) is 0. The second-order valence-corrected chi connectivity index (χ2v) is 7.07. The molecular formula is C19H20FN3O3. The first-order valence-electron chi connectivity index (χ1n) is 8.69. The molecule has 1 saturated carbocycles. The van der Waals surface area contributed by atoms with Gasteiger partial charge in [-0.05, 0) is 30.9 Å². The van der Waals surface area contributed by atoms with E-state index in [9.17, 15) is 19.1 Å². The predicted molar refractivity (Wildman–Crippen MR) is 98.0 cm³/mol. The number of hydrogen-bond acceptors (Lipinski definition) is 4. The molecule has 0 bridgehead atoms. The van der Waals surface area contributed by atoms with Crippen LogP contribution < -0.4 is 16.1 Å². The molecule has 6 nitrogen and oxygen atoms in total. The molecule has 0 spiro atoms. The molecule has 2 aliphatic rings. The maximum absolute atomic E-state index is 14.9. The number of benzene rings is 1. The van der Waals surface area contributed by atoms with E-state index >= 15 is 0 Å². The molecule has 0 amide bonds. The highest BCUT2D eigenvalue weighted by Crippen LogP contribution is 2.41. The van der Waals surface area contributed by atoms with Crippen LogP contribution in [0.4, 0.5) is 10.1 Å². The summed E-state index contributed by atoms with van der Waals surface area (Å²) in [5, 5.41) is 9.24. The molecular weight excluding hydrogens is 337 g/mol. The Morgan fingerprint density at radius 3 is 2.85 bits per heavy atom. The Hall–Kier alpha value is -2.67. The third kappa shape index (κ3) is 2.34. The summed E-state index contributed by atoms with van der Waals surface area (Å²) in [6, 6.07) is 2.95. The van der Waals surface area contributed by atoms with E-state index in [0.29, 0.717) is 23.7 Å². The lowest BCUT2D eigenvalue weighted by Gasteiger charge is -2.27. The molecule has 3 atom stereocenters. The van der Waals surface area contributed by atoms with Crippen molar-refractivity contribution in [2.45, 2.75) is 31.3 Å². The molecule has 2 fully saturated rings. The van der Waals surface area contributed by atoms with Crippen molar-refractivity contribution < 1.29 is 14.3 Å². The van der Waals surface area contributed by atoms with Gasteiger partial charge in [0.1, 0.15) is 11.4 Å². The fourth-order valence-corrected chi connectivity index (χ4v) is 4.51. The second-order valence-electron chi connectivity index (χ2n) is 7.07. The summed E-state index contributed by atoms with van der Waals surface area (Å²) in [5.74, 6) is -1.52. The molecule has 0 radical (unpaired) electrons. The number of aromatic nitrogens is 1. The Labute approximate surface area is 149 Å². The van der Waals surface area contributed by atoms with Gasteiger partial charge in [0.25, 0.3) is 0 Å². The number of nitrogens with zero attached hydrogens (tertiary/aromatic N) is 2. The maximum atomic E-state index is 14.9. The van der Waals surface area contributed by atoms with Crippen molar-refractivity contribution in [2.75, 3.05) is 11.4 Å². The number of halogens is 1. The number of fused-ring (bicyclic) bond motifs is 2. The predicted octanol–water partition coefficient (Wildman–Crippen LogP) is 2.26. The summed E-state index contributed by atoms with van der Waals surface area (Å²) in [5.41, 5.74) is 5.96. The van der Waals surface area contributed by atoms with E-state index in [1.807, 2.05) is 4.90 Å². The minimum Gasteiger partial charge on any atom is -0.477 e. The van der Waals surface area contributed by atoms with Gasteiger partial charge in [0.05, 0.1) is 11.2 Å². The molecule has 1 aromatic heterocycles. The number of carboxylic acids is 1. The molecule has 3 N–H and O–H groups in total. The van der Waals surface area contributed by atoms with Gasteiger partial charge in [0.15, 0.2) is 0 Å². The molecule has 1 aliphatic heterocycles. The minimum absolute atomic E-state index is 0.00794. The smallest absolute Gasteiger partial charge is 0.341 e. The quantitative estimate of drug-likeness (QED) is 0.880. The number of pyridine rings is 1. The highest BCUT2D eigenvalue weighted by Gasteiger charge is 2.43. The molecule has 26 heavy (non-hydrogen) atoms. The van der Waals surface area contributed by atoms with Gasteiger partial charge in [0.2, 0.25) is 5.43 Å². The topological polar surface area (TPSA) is 88.6 Å². The third-order valence-electron chi connectivity index (χ3n) is 5.73. The Bertz CT molecular complexity index is 984. The normalized spacial score (nSPS) is 24.8. The van der Waals surface area contributed by atoms with Gasteiger partial charge in [-0.2, -0.15) is 0 Å². The average Bonchev–Trinajstić information content (AvgIpc) is 3.19. The maximum Gasteiger partial charge on any atom is 0.341 e. The fourth-order valence-electron chi connectivity index (χ4n) is 4.51. The second kappa shape index (κ2) is 5.95. The van der Waals surface area contributed by atoms with E-state index in [0.717, 1.165) is 25.3 Å². The zero-order chi connectivity index (χ0) is 18.6. The van der Waals surface area contributed by atoms with Gasteiger partial charge >= 0.3 is 5.97 Å². The van der Waals surface area contributed by atoms with Crippen molar-refractivity contribution in [1.82, 2.24) is 4.57 Å². The van der Waals surface area contributed by atoms with Gasteiger partial charge in [-0.25, -0.2) is 9.18 Å². The Morgan fingerprint density at radius 2 is 2.15 bits per heavy atom. The average molecular weight is 357 g/mol.